The fourth-order valence-electron chi connectivity index (χ4n) is 2.36. The zero-order valence-corrected chi connectivity index (χ0v) is 17.8. The first kappa shape index (κ1) is 22.7. The molecule has 0 saturated heterocycles. The molecule has 0 aliphatic rings. The Hall–Kier alpha value is -2.58. The fourth-order valence-corrected chi connectivity index (χ4v) is 3.40. The topological polar surface area (TPSA) is 77.4 Å². The molecule has 1 aromatic carbocycles. The summed E-state index contributed by atoms with van der Waals surface area (Å²) in [5.41, 5.74) is -0.513. The maximum atomic E-state index is 13.5. The first-order valence-corrected chi connectivity index (χ1v) is 9.92. The first-order chi connectivity index (χ1) is 13.6. The highest BCUT2D eigenvalue weighted by molar-refractivity contribution is 7.07. The maximum Gasteiger partial charge on any atom is 0.269 e. The zero-order chi connectivity index (χ0) is 21.6. The smallest absolute Gasteiger partial charge is 0.269 e. The molecular formula is C21H25FN2O4S. The van der Waals surface area contributed by atoms with Crippen LogP contribution in [-0.4, -0.2) is 36.5 Å². The molecule has 0 radical (unpaired) electrons. The van der Waals surface area contributed by atoms with Gasteiger partial charge in [0.15, 0.2) is 5.78 Å². The number of benzene rings is 1. The minimum absolute atomic E-state index is 0.162. The molecule has 156 valence electrons. The van der Waals surface area contributed by atoms with E-state index < -0.39 is 16.8 Å². The van der Waals surface area contributed by atoms with E-state index >= 15 is 0 Å². The molecule has 0 bridgehead atoms. The number of methoxy groups -OCH3 is 1. The van der Waals surface area contributed by atoms with Crippen LogP contribution in [0.2, 0.25) is 0 Å². The second-order valence-electron chi connectivity index (χ2n) is 7.50. The molecule has 8 heteroatoms. The van der Waals surface area contributed by atoms with Gasteiger partial charge in [-0.3, -0.25) is 19.0 Å². The average molecular weight is 421 g/mol. The molecule has 0 atom stereocenters. The summed E-state index contributed by atoms with van der Waals surface area (Å²) >= 11 is 1.09. The average Bonchev–Trinajstić information content (AvgIpc) is 2.90. The molecule has 2 aromatic rings. The molecule has 0 spiro atoms. The Morgan fingerprint density at radius 2 is 2.03 bits per heavy atom. The van der Waals surface area contributed by atoms with Gasteiger partial charge in [-0.1, -0.05) is 32.9 Å². The van der Waals surface area contributed by atoms with Gasteiger partial charge in [0, 0.05) is 25.1 Å². The maximum absolute atomic E-state index is 13.5. The Morgan fingerprint density at radius 1 is 1.31 bits per heavy atom. The number of nitrogens with zero attached hydrogens (tertiary/aromatic N) is 1. The standard InChI is InChI=1S/C21H25FN2O4S/c1-21(2,3)17(25)12-19-24(13-18(26)23-8-9-28-4)20(27)16(29-19)11-14-6-5-7-15(22)10-14/h5-7,10-12H,8-9,13H2,1-4H3,(H,23,26)/b16-11+,19-12-. The van der Waals surface area contributed by atoms with Crippen LogP contribution in [-0.2, 0) is 20.9 Å². The Bertz CT molecular complexity index is 1060. The monoisotopic (exact) mass is 420 g/mol. The van der Waals surface area contributed by atoms with Crippen molar-refractivity contribution in [3.05, 3.63) is 55.2 Å². The highest BCUT2D eigenvalue weighted by Gasteiger charge is 2.20. The number of thiazole rings is 1. The predicted molar refractivity (Wildman–Crippen MR) is 112 cm³/mol. The van der Waals surface area contributed by atoms with Gasteiger partial charge in [0.2, 0.25) is 5.91 Å². The van der Waals surface area contributed by atoms with Gasteiger partial charge in [-0.2, -0.15) is 0 Å². The molecule has 0 unspecified atom stereocenters. The minimum atomic E-state index is -0.627. The molecule has 1 amide bonds. The molecule has 0 fully saturated rings. The van der Waals surface area contributed by atoms with Gasteiger partial charge in [-0.15, -0.1) is 11.3 Å². The third-order valence-corrected chi connectivity index (χ3v) is 5.07. The van der Waals surface area contributed by atoms with Crippen LogP contribution >= 0.6 is 11.3 Å². The highest BCUT2D eigenvalue weighted by atomic mass is 32.1. The van der Waals surface area contributed by atoms with E-state index in [1.807, 2.05) is 0 Å². The normalized spacial score (nSPS) is 13.0. The molecular weight excluding hydrogens is 395 g/mol. The molecule has 0 saturated carbocycles. The summed E-state index contributed by atoms with van der Waals surface area (Å²) < 4.78 is 20.3. The lowest BCUT2D eigenvalue weighted by molar-refractivity contribution is -0.122. The van der Waals surface area contributed by atoms with E-state index in [1.54, 1.807) is 39.0 Å². The third kappa shape index (κ3) is 6.47. The number of halogens is 1. The van der Waals surface area contributed by atoms with Crippen LogP contribution in [0, 0.1) is 11.2 Å². The van der Waals surface area contributed by atoms with E-state index in [2.05, 4.69) is 5.32 Å². The number of Topliss-reactive ketones (excluding diaryl/α,β-unsaturated/α-hetero) is 1. The van der Waals surface area contributed by atoms with Crippen LogP contribution in [0.5, 0.6) is 0 Å². The summed E-state index contributed by atoms with van der Waals surface area (Å²) in [5, 5.41) is 2.66. The summed E-state index contributed by atoms with van der Waals surface area (Å²) in [6.45, 7) is 5.78. The van der Waals surface area contributed by atoms with Crippen molar-refractivity contribution in [1.29, 1.82) is 0 Å². The summed E-state index contributed by atoms with van der Waals surface area (Å²) in [4.78, 5) is 37.6. The van der Waals surface area contributed by atoms with Crippen LogP contribution in [0.3, 0.4) is 0 Å². The molecule has 1 N–H and O–H groups in total. The second kappa shape index (κ2) is 9.76. The van der Waals surface area contributed by atoms with Gasteiger partial charge in [-0.05, 0) is 23.8 Å². The van der Waals surface area contributed by atoms with Crippen molar-refractivity contribution in [1.82, 2.24) is 9.88 Å². The molecule has 1 aromatic heterocycles. The number of aromatic nitrogens is 1. The van der Waals surface area contributed by atoms with Crippen LogP contribution in [0.4, 0.5) is 4.39 Å². The van der Waals surface area contributed by atoms with E-state index in [0.717, 1.165) is 11.3 Å². The Kier molecular flexibility index (Phi) is 7.64. The van der Waals surface area contributed by atoms with Gasteiger partial charge in [-0.25, -0.2) is 4.39 Å². The van der Waals surface area contributed by atoms with Crippen LogP contribution < -0.4 is 20.1 Å². The van der Waals surface area contributed by atoms with Crippen molar-refractivity contribution < 1.29 is 18.7 Å². The SMILES string of the molecule is COCCNC(=O)Cn1c(=O)/c(=C\c2cccc(F)c2)s/c1=C\C(=O)C(C)(C)C. The minimum Gasteiger partial charge on any atom is -0.383 e. The van der Waals surface area contributed by atoms with Crippen molar-refractivity contribution in [2.24, 2.45) is 5.41 Å². The quantitative estimate of drug-likeness (QED) is 0.679. The molecule has 2 rings (SSSR count). The number of amides is 1. The number of ketones is 1. The summed E-state index contributed by atoms with van der Waals surface area (Å²) in [6, 6.07) is 5.85. The van der Waals surface area contributed by atoms with Crippen molar-refractivity contribution >= 4 is 35.2 Å². The molecule has 29 heavy (non-hydrogen) atoms. The lowest BCUT2D eigenvalue weighted by Gasteiger charge is -2.13. The van der Waals surface area contributed by atoms with Gasteiger partial charge in [0.25, 0.3) is 5.56 Å². The lowest BCUT2D eigenvalue weighted by atomic mass is 9.91. The second-order valence-corrected chi connectivity index (χ2v) is 8.56. The lowest BCUT2D eigenvalue weighted by Crippen LogP contribution is -2.39. The van der Waals surface area contributed by atoms with E-state index in [0.29, 0.717) is 27.9 Å². The Balaban J connectivity index is 2.53. The van der Waals surface area contributed by atoms with E-state index in [-0.39, 0.29) is 18.2 Å². The highest BCUT2D eigenvalue weighted by Crippen LogP contribution is 2.14. The number of ether oxygens (including phenoxy) is 1. The Morgan fingerprint density at radius 3 is 2.66 bits per heavy atom. The number of hydrogen-bond acceptors (Lipinski definition) is 5. The number of hydrogen-bond donors (Lipinski definition) is 1. The molecule has 0 aliphatic heterocycles. The molecule has 0 aliphatic carbocycles. The predicted octanol–water partition coefficient (Wildman–Crippen LogP) is 1.04. The molecule has 6 nitrogen and oxygen atoms in total. The largest absolute Gasteiger partial charge is 0.383 e. The van der Waals surface area contributed by atoms with Gasteiger partial charge in [0.05, 0.1) is 11.1 Å². The van der Waals surface area contributed by atoms with Crippen molar-refractivity contribution in [3.8, 4) is 0 Å². The molecule has 1 heterocycles. The van der Waals surface area contributed by atoms with Crippen LogP contribution in [0.25, 0.3) is 12.2 Å². The van der Waals surface area contributed by atoms with Gasteiger partial charge < -0.3 is 10.1 Å². The summed E-state index contributed by atoms with van der Waals surface area (Å²) in [5.74, 6) is -0.940. The van der Waals surface area contributed by atoms with E-state index in [1.165, 1.54) is 29.9 Å². The van der Waals surface area contributed by atoms with Crippen LogP contribution in [0.15, 0.2) is 29.1 Å². The first-order valence-electron chi connectivity index (χ1n) is 9.10. The van der Waals surface area contributed by atoms with Gasteiger partial charge >= 0.3 is 0 Å². The fraction of sp³-hybridized carbons (Fsp3) is 0.381. The number of carbonyl (C=O) groups excluding carboxylic acids is 2. The van der Waals surface area contributed by atoms with Crippen molar-refractivity contribution in [3.63, 3.8) is 0 Å². The van der Waals surface area contributed by atoms with E-state index in [4.69, 9.17) is 4.74 Å². The number of carbonyl (C=O) groups is 2. The van der Waals surface area contributed by atoms with Crippen LogP contribution in [0.1, 0.15) is 26.3 Å². The number of rotatable bonds is 7. The third-order valence-electron chi connectivity index (χ3n) is 4.01. The summed E-state index contributed by atoms with van der Waals surface area (Å²) in [6.07, 6.45) is 2.94. The van der Waals surface area contributed by atoms with Crippen molar-refractivity contribution in [2.45, 2.75) is 27.3 Å². The Labute approximate surface area is 172 Å². The summed E-state index contributed by atoms with van der Waals surface area (Å²) in [7, 11) is 1.52. The zero-order valence-electron chi connectivity index (χ0n) is 17.0. The van der Waals surface area contributed by atoms with Gasteiger partial charge in [0.1, 0.15) is 17.0 Å². The van der Waals surface area contributed by atoms with Crippen molar-refractivity contribution in [2.75, 3.05) is 20.3 Å². The van der Waals surface area contributed by atoms with E-state index in [9.17, 15) is 18.8 Å². The number of nitrogens with one attached hydrogen (secondary N) is 1.